The van der Waals surface area contributed by atoms with Gasteiger partial charge >= 0.3 is 0 Å². The molecule has 48 heavy (non-hydrogen) atoms. The number of anilines is 2. The third-order valence-corrected chi connectivity index (χ3v) is 10.7. The summed E-state index contributed by atoms with van der Waals surface area (Å²) in [6.45, 7) is 4.66. The number of hydrogen-bond donors (Lipinski definition) is 4. The van der Waals surface area contributed by atoms with E-state index in [1.165, 1.54) is 22.7 Å². The highest BCUT2D eigenvalue weighted by Gasteiger charge is 2.32. The molecule has 0 bridgehead atoms. The van der Waals surface area contributed by atoms with Crippen LogP contribution in [0.15, 0.2) is 24.3 Å². The average molecular weight is 693 g/mol. The van der Waals surface area contributed by atoms with Gasteiger partial charge in [-0.1, -0.05) is 11.8 Å². The summed E-state index contributed by atoms with van der Waals surface area (Å²) in [5.41, 5.74) is 0. The van der Waals surface area contributed by atoms with Gasteiger partial charge in [-0.15, -0.1) is 22.7 Å². The summed E-state index contributed by atoms with van der Waals surface area (Å²) in [6, 6.07) is 6.34. The van der Waals surface area contributed by atoms with Gasteiger partial charge in [0.15, 0.2) is 0 Å². The highest BCUT2D eigenvalue weighted by atomic mass is 32.1. The lowest BCUT2D eigenvalue weighted by molar-refractivity contribution is -0.118. The number of nitrogens with one attached hydrogen (secondary N) is 4. The maximum Gasteiger partial charge on any atom is 0.263 e. The van der Waals surface area contributed by atoms with Gasteiger partial charge in [-0.3, -0.25) is 19.2 Å². The van der Waals surface area contributed by atoms with Crippen LogP contribution in [0, 0.1) is 23.7 Å². The molecule has 254 valence electrons. The first-order valence-corrected chi connectivity index (χ1v) is 18.1. The molecule has 0 saturated carbocycles. The molecule has 4 atom stereocenters. The minimum absolute atomic E-state index is 0.0301. The quantitative estimate of drug-likeness (QED) is 0.279. The van der Waals surface area contributed by atoms with Gasteiger partial charge in [0, 0.05) is 39.3 Å². The van der Waals surface area contributed by atoms with Crippen molar-refractivity contribution in [2.45, 2.75) is 62.8 Å². The highest BCUT2D eigenvalue weighted by molar-refractivity contribution is 7.18. The number of likely N-dealkylation sites (tertiary alicyclic amines) is 2. The van der Waals surface area contributed by atoms with Crippen molar-refractivity contribution in [3.8, 4) is 23.7 Å². The van der Waals surface area contributed by atoms with E-state index in [0.29, 0.717) is 45.7 Å². The SMILES string of the molecule is O=C(Nc1ccc(C(=O)N2CCCC2)s1)[C@@H]1C[C@@H](OCC#CC#CCO[C@H]2CN[C@H](C(=O)Nc3ccc(C(=O)N4CCCC4)s3)C2)CN1. The van der Waals surface area contributed by atoms with E-state index in [1.807, 2.05) is 9.80 Å². The summed E-state index contributed by atoms with van der Waals surface area (Å²) in [6.07, 6.45) is 4.94. The van der Waals surface area contributed by atoms with Crippen LogP contribution in [0.1, 0.15) is 57.9 Å². The molecule has 4 amide bonds. The van der Waals surface area contributed by atoms with Crippen molar-refractivity contribution in [2.24, 2.45) is 0 Å². The Morgan fingerprint density at radius 1 is 0.688 bits per heavy atom. The van der Waals surface area contributed by atoms with Crippen LogP contribution < -0.4 is 21.3 Å². The predicted molar refractivity (Wildman–Crippen MR) is 184 cm³/mol. The molecule has 0 spiro atoms. The number of rotatable bonds is 10. The molecule has 6 rings (SSSR count). The van der Waals surface area contributed by atoms with Gasteiger partial charge in [-0.05, 0) is 74.6 Å². The molecular formula is C34H40N6O6S2. The van der Waals surface area contributed by atoms with Crippen LogP contribution >= 0.6 is 22.7 Å². The average Bonchev–Trinajstić information content (AvgIpc) is 3.94. The summed E-state index contributed by atoms with van der Waals surface area (Å²) in [5.74, 6) is 11.1. The van der Waals surface area contributed by atoms with Crippen LogP contribution in [-0.4, -0.2) is 110 Å². The van der Waals surface area contributed by atoms with Crippen LogP contribution in [-0.2, 0) is 19.1 Å². The second-order valence-corrected chi connectivity index (χ2v) is 14.3. The first kappa shape index (κ1) is 34.1. The van der Waals surface area contributed by atoms with Crippen molar-refractivity contribution in [1.29, 1.82) is 0 Å². The lowest BCUT2D eigenvalue weighted by Gasteiger charge is -2.13. The van der Waals surface area contributed by atoms with Gasteiger partial charge in [0.05, 0.1) is 44.0 Å². The van der Waals surface area contributed by atoms with Crippen molar-refractivity contribution in [3.05, 3.63) is 34.0 Å². The Morgan fingerprint density at radius 2 is 1.10 bits per heavy atom. The Hall–Kier alpha value is -3.76. The molecule has 4 aliphatic heterocycles. The molecule has 0 radical (unpaired) electrons. The Bertz CT molecular complexity index is 1490. The zero-order valence-electron chi connectivity index (χ0n) is 26.7. The van der Waals surface area contributed by atoms with Crippen molar-refractivity contribution in [3.63, 3.8) is 0 Å². The second kappa shape index (κ2) is 16.6. The number of carbonyl (C=O) groups excluding carboxylic acids is 4. The van der Waals surface area contributed by atoms with Crippen LogP contribution in [0.5, 0.6) is 0 Å². The minimum Gasteiger partial charge on any atom is -0.364 e. The number of carbonyl (C=O) groups is 4. The fraction of sp³-hybridized carbons (Fsp3) is 0.529. The van der Waals surface area contributed by atoms with Gasteiger partial charge in [0.2, 0.25) is 11.8 Å². The van der Waals surface area contributed by atoms with E-state index in [0.717, 1.165) is 51.9 Å². The Balaban J connectivity index is 0.831. The molecule has 0 aromatic carbocycles. The van der Waals surface area contributed by atoms with Gasteiger partial charge in [-0.25, -0.2) is 0 Å². The lowest BCUT2D eigenvalue weighted by atomic mass is 10.2. The van der Waals surface area contributed by atoms with Crippen molar-refractivity contribution >= 4 is 56.3 Å². The molecule has 0 unspecified atom stereocenters. The predicted octanol–water partition coefficient (Wildman–Crippen LogP) is 2.36. The Morgan fingerprint density at radius 3 is 1.52 bits per heavy atom. The maximum atomic E-state index is 12.7. The largest absolute Gasteiger partial charge is 0.364 e. The van der Waals surface area contributed by atoms with Crippen LogP contribution in [0.4, 0.5) is 10.0 Å². The van der Waals surface area contributed by atoms with E-state index in [1.54, 1.807) is 24.3 Å². The Labute approximate surface area is 288 Å². The molecule has 4 saturated heterocycles. The van der Waals surface area contributed by atoms with Gasteiger partial charge in [-0.2, -0.15) is 0 Å². The zero-order valence-corrected chi connectivity index (χ0v) is 28.3. The van der Waals surface area contributed by atoms with Crippen LogP contribution in [0.3, 0.4) is 0 Å². The molecule has 2 aromatic heterocycles. The molecular weight excluding hydrogens is 653 g/mol. The van der Waals surface area contributed by atoms with E-state index >= 15 is 0 Å². The van der Waals surface area contributed by atoms with E-state index in [4.69, 9.17) is 9.47 Å². The summed E-state index contributed by atoms with van der Waals surface area (Å²) in [5, 5.41) is 13.5. The summed E-state index contributed by atoms with van der Waals surface area (Å²) >= 11 is 2.60. The second-order valence-electron chi connectivity index (χ2n) is 12.2. The first-order valence-electron chi connectivity index (χ1n) is 16.5. The number of hydrogen-bond acceptors (Lipinski definition) is 10. The van der Waals surface area contributed by atoms with Gasteiger partial charge in [0.25, 0.3) is 11.8 Å². The minimum atomic E-state index is -0.380. The monoisotopic (exact) mass is 692 g/mol. The number of thiophene rings is 2. The van der Waals surface area contributed by atoms with E-state index < -0.39 is 0 Å². The highest BCUT2D eigenvalue weighted by Crippen LogP contribution is 2.27. The maximum absolute atomic E-state index is 12.7. The molecule has 4 aliphatic rings. The third kappa shape index (κ3) is 9.02. The molecule has 0 aliphatic carbocycles. The molecule has 4 fully saturated rings. The van der Waals surface area contributed by atoms with Gasteiger partial charge in [0.1, 0.15) is 13.2 Å². The first-order chi connectivity index (χ1) is 23.4. The molecule has 4 N–H and O–H groups in total. The van der Waals surface area contributed by atoms with Crippen LogP contribution in [0.25, 0.3) is 0 Å². The normalized spacial score (nSPS) is 23.3. The summed E-state index contributed by atoms with van der Waals surface area (Å²) < 4.78 is 11.6. The fourth-order valence-electron chi connectivity index (χ4n) is 6.15. The molecule has 12 nitrogen and oxygen atoms in total. The number of ether oxygens (including phenoxy) is 2. The van der Waals surface area contributed by atoms with Gasteiger partial charge < -0.3 is 40.5 Å². The van der Waals surface area contributed by atoms with Crippen molar-refractivity contribution in [1.82, 2.24) is 20.4 Å². The molecule has 14 heteroatoms. The summed E-state index contributed by atoms with van der Waals surface area (Å²) in [4.78, 5) is 55.6. The fourth-order valence-corrected chi connectivity index (χ4v) is 7.90. The number of nitrogens with zero attached hydrogens (tertiary/aromatic N) is 2. The van der Waals surface area contributed by atoms with E-state index in [-0.39, 0.29) is 61.1 Å². The van der Waals surface area contributed by atoms with E-state index in [2.05, 4.69) is 44.9 Å². The topological polar surface area (TPSA) is 141 Å². The lowest BCUT2D eigenvalue weighted by Crippen LogP contribution is -2.35. The standard InChI is InChI=1S/C34H40N6O6S2/c41-31(37-29-11-9-27(47-29)33(43)39-13-3-4-14-39)25-19-23(21-35-25)45-17-7-1-2-8-18-46-24-20-26(36-22-24)32(42)38-30-12-10-28(48-30)34(44)40-15-5-6-16-40/h9-12,23-26,35-36H,3-6,13-22H2,(H,37,41)(H,38,42)/t23-,24-,25+,26+/m1/s1. The smallest absolute Gasteiger partial charge is 0.263 e. The van der Waals surface area contributed by atoms with Crippen LogP contribution in [0.2, 0.25) is 0 Å². The third-order valence-electron chi connectivity index (χ3n) is 8.75. The van der Waals surface area contributed by atoms with Crippen molar-refractivity contribution in [2.75, 3.05) is 63.1 Å². The van der Waals surface area contributed by atoms with E-state index in [9.17, 15) is 19.2 Å². The molecule has 6 heterocycles. The molecule has 2 aromatic rings. The number of amides is 4. The zero-order chi connectivity index (χ0) is 33.3. The Kier molecular flexibility index (Phi) is 11.8. The summed E-state index contributed by atoms with van der Waals surface area (Å²) in [7, 11) is 0. The van der Waals surface area contributed by atoms with Crippen molar-refractivity contribution < 1.29 is 28.7 Å².